The van der Waals surface area contributed by atoms with Gasteiger partial charge in [-0.3, -0.25) is 0 Å². The van der Waals surface area contributed by atoms with E-state index in [4.69, 9.17) is 5.26 Å². The zero-order chi connectivity index (χ0) is 10.4. The molecule has 1 rings (SSSR count). The van der Waals surface area contributed by atoms with Crippen molar-refractivity contribution in [3.63, 3.8) is 0 Å². The van der Waals surface area contributed by atoms with Crippen LogP contribution in [0.5, 0.6) is 0 Å². The minimum absolute atomic E-state index is 0.385. The van der Waals surface area contributed by atoms with Crippen LogP contribution < -0.4 is 5.32 Å². The van der Waals surface area contributed by atoms with E-state index >= 15 is 0 Å². The van der Waals surface area contributed by atoms with Crippen LogP contribution in [0.4, 0.5) is 0 Å². The van der Waals surface area contributed by atoms with Gasteiger partial charge in [0.15, 0.2) is 0 Å². The highest BCUT2D eigenvalue weighted by Gasteiger charge is 2.20. The van der Waals surface area contributed by atoms with Crippen LogP contribution in [0.3, 0.4) is 0 Å². The maximum Gasteiger partial charge on any atom is 0.104 e. The number of thioether (sulfide) groups is 1. The van der Waals surface area contributed by atoms with Crippen molar-refractivity contribution in [1.82, 2.24) is 5.32 Å². The van der Waals surface area contributed by atoms with Crippen LogP contribution >= 0.6 is 23.1 Å². The van der Waals surface area contributed by atoms with Crippen LogP contribution in [-0.2, 0) is 0 Å². The molecule has 0 aliphatic rings. The molecule has 0 fully saturated rings. The first-order valence-electron chi connectivity index (χ1n) is 4.47. The summed E-state index contributed by atoms with van der Waals surface area (Å²) in [6, 6.07) is 6.45. The number of hydrogen-bond donors (Lipinski definition) is 1. The number of nitriles is 1. The summed E-state index contributed by atoms with van der Waals surface area (Å²) in [4.78, 5) is 0. The molecule has 0 saturated carbocycles. The quantitative estimate of drug-likeness (QED) is 0.784. The zero-order valence-electron chi connectivity index (χ0n) is 8.41. The topological polar surface area (TPSA) is 35.8 Å². The van der Waals surface area contributed by atoms with Gasteiger partial charge in [0.25, 0.3) is 0 Å². The molecule has 2 nitrogen and oxygen atoms in total. The molecule has 1 unspecified atom stereocenters. The fraction of sp³-hybridized carbons (Fsp3) is 0.500. The lowest BCUT2D eigenvalue weighted by atomic mass is 10.0. The molecule has 0 aliphatic carbocycles. The highest BCUT2D eigenvalue weighted by molar-refractivity contribution is 8.01. The van der Waals surface area contributed by atoms with Gasteiger partial charge in [0.1, 0.15) is 5.54 Å². The molecule has 0 amide bonds. The molecule has 1 N–H and O–H groups in total. The Morgan fingerprint density at radius 1 is 1.71 bits per heavy atom. The lowest BCUT2D eigenvalue weighted by molar-refractivity contribution is 0.480. The molecule has 0 radical (unpaired) electrons. The molecular weight excluding hydrogens is 212 g/mol. The molecule has 0 aliphatic heterocycles. The largest absolute Gasteiger partial charge is 0.303 e. The molecule has 1 aromatic heterocycles. The molecule has 76 valence electrons. The predicted octanol–water partition coefficient (Wildman–Crippen LogP) is 2.73. The van der Waals surface area contributed by atoms with E-state index in [0.29, 0.717) is 0 Å². The second-order valence-electron chi connectivity index (χ2n) is 3.22. The van der Waals surface area contributed by atoms with Crippen molar-refractivity contribution < 1.29 is 0 Å². The van der Waals surface area contributed by atoms with Gasteiger partial charge in [0.2, 0.25) is 0 Å². The zero-order valence-corrected chi connectivity index (χ0v) is 10.0. The SMILES string of the molecule is CNC(C)(C#N)CCSc1cccs1. The highest BCUT2D eigenvalue weighted by atomic mass is 32.2. The van der Waals surface area contributed by atoms with Crippen LogP contribution in [0.2, 0.25) is 0 Å². The Morgan fingerprint density at radius 3 is 3.00 bits per heavy atom. The normalized spacial score (nSPS) is 14.6. The summed E-state index contributed by atoms with van der Waals surface area (Å²) in [5, 5.41) is 14.0. The Bertz CT molecular complexity index is 302. The Labute approximate surface area is 93.3 Å². The minimum Gasteiger partial charge on any atom is -0.303 e. The van der Waals surface area contributed by atoms with Gasteiger partial charge in [0.05, 0.1) is 10.3 Å². The molecule has 0 spiro atoms. The summed E-state index contributed by atoms with van der Waals surface area (Å²) in [5.41, 5.74) is -0.385. The fourth-order valence-electron chi connectivity index (χ4n) is 0.938. The molecule has 1 heterocycles. The summed E-state index contributed by atoms with van der Waals surface area (Å²) in [5.74, 6) is 0.978. The standard InChI is InChI=1S/C10H14N2S2/c1-10(8-11,12-2)5-7-14-9-4-3-6-13-9/h3-4,6,12H,5,7H2,1-2H3. The highest BCUT2D eigenvalue weighted by Crippen LogP contribution is 2.25. The minimum atomic E-state index is -0.385. The van der Waals surface area contributed by atoms with Crippen molar-refractivity contribution in [2.24, 2.45) is 0 Å². The second kappa shape index (κ2) is 5.40. The van der Waals surface area contributed by atoms with Gasteiger partial charge < -0.3 is 5.32 Å². The van der Waals surface area contributed by atoms with Gasteiger partial charge in [-0.05, 0) is 31.8 Å². The summed E-state index contributed by atoms with van der Waals surface area (Å²) >= 11 is 3.56. The third-order valence-electron chi connectivity index (χ3n) is 2.14. The summed E-state index contributed by atoms with van der Waals surface area (Å²) in [6.45, 7) is 1.93. The first-order valence-corrected chi connectivity index (χ1v) is 6.33. The van der Waals surface area contributed by atoms with Crippen LogP contribution in [0.25, 0.3) is 0 Å². The number of nitrogens with zero attached hydrogens (tertiary/aromatic N) is 1. The van der Waals surface area contributed by atoms with Crippen molar-refractivity contribution >= 4 is 23.1 Å². The van der Waals surface area contributed by atoms with Crippen molar-refractivity contribution in [2.75, 3.05) is 12.8 Å². The first-order chi connectivity index (χ1) is 6.70. The summed E-state index contributed by atoms with van der Waals surface area (Å²) < 4.78 is 1.32. The molecular formula is C10H14N2S2. The average molecular weight is 226 g/mol. The van der Waals surface area contributed by atoms with Gasteiger partial charge >= 0.3 is 0 Å². The van der Waals surface area contributed by atoms with E-state index in [2.05, 4.69) is 28.9 Å². The first kappa shape index (κ1) is 11.6. The van der Waals surface area contributed by atoms with E-state index < -0.39 is 0 Å². The molecule has 0 saturated heterocycles. The van der Waals surface area contributed by atoms with E-state index in [9.17, 15) is 0 Å². The third-order valence-corrected chi connectivity index (χ3v) is 4.27. The van der Waals surface area contributed by atoms with E-state index in [1.54, 1.807) is 11.3 Å². The average Bonchev–Trinajstić information content (AvgIpc) is 2.70. The molecule has 1 aromatic rings. The summed E-state index contributed by atoms with van der Waals surface area (Å²) in [6.07, 6.45) is 0.864. The van der Waals surface area contributed by atoms with E-state index in [0.717, 1.165) is 12.2 Å². The van der Waals surface area contributed by atoms with Crippen molar-refractivity contribution in [1.29, 1.82) is 5.26 Å². The van der Waals surface area contributed by atoms with E-state index in [-0.39, 0.29) is 5.54 Å². The smallest absolute Gasteiger partial charge is 0.104 e. The van der Waals surface area contributed by atoms with Crippen molar-refractivity contribution in [3.8, 4) is 6.07 Å². The van der Waals surface area contributed by atoms with Gasteiger partial charge in [-0.1, -0.05) is 6.07 Å². The number of rotatable bonds is 5. The van der Waals surface area contributed by atoms with Crippen LogP contribution in [0.1, 0.15) is 13.3 Å². The van der Waals surface area contributed by atoms with Crippen LogP contribution in [-0.4, -0.2) is 18.3 Å². The maximum absolute atomic E-state index is 8.92. The third kappa shape index (κ3) is 3.33. The molecule has 0 aromatic carbocycles. The Balaban J connectivity index is 2.31. The van der Waals surface area contributed by atoms with E-state index in [1.807, 2.05) is 25.7 Å². The Kier molecular flexibility index (Phi) is 4.46. The Hall–Kier alpha value is -0.500. The number of nitrogens with one attached hydrogen (secondary N) is 1. The van der Waals surface area contributed by atoms with Gasteiger partial charge in [-0.25, -0.2) is 0 Å². The number of thiophene rings is 1. The lowest BCUT2D eigenvalue weighted by Crippen LogP contribution is -2.38. The van der Waals surface area contributed by atoms with Crippen molar-refractivity contribution in [2.45, 2.75) is 23.1 Å². The predicted molar refractivity (Wildman–Crippen MR) is 62.7 cm³/mol. The number of hydrogen-bond acceptors (Lipinski definition) is 4. The maximum atomic E-state index is 8.92. The fourth-order valence-corrected chi connectivity index (χ4v) is 2.96. The van der Waals surface area contributed by atoms with Crippen LogP contribution in [0, 0.1) is 11.3 Å². The van der Waals surface area contributed by atoms with Gasteiger partial charge in [-0.15, -0.1) is 23.1 Å². The van der Waals surface area contributed by atoms with Gasteiger partial charge in [-0.2, -0.15) is 5.26 Å². The second-order valence-corrected chi connectivity index (χ2v) is 5.57. The van der Waals surface area contributed by atoms with Crippen LogP contribution in [0.15, 0.2) is 21.7 Å². The summed E-state index contributed by atoms with van der Waals surface area (Å²) in [7, 11) is 1.83. The molecule has 1 atom stereocenters. The van der Waals surface area contributed by atoms with Gasteiger partial charge in [0, 0.05) is 5.75 Å². The molecule has 0 bridgehead atoms. The lowest BCUT2D eigenvalue weighted by Gasteiger charge is -2.19. The van der Waals surface area contributed by atoms with Crippen molar-refractivity contribution in [3.05, 3.63) is 17.5 Å². The Morgan fingerprint density at radius 2 is 2.50 bits per heavy atom. The van der Waals surface area contributed by atoms with E-state index in [1.165, 1.54) is 4.21 Å². The monoisotopic (exact) mass is 226 g/mol. The molecule has 4 heteroatoms. The molecule has 14 heavy (non-hydrogen) atoms.